The molecule has 0 radical (unpaired) electrons. The van der Waals surface area contributed by atoms with Gasteiger partial charge < -0.3 is 15.4 Å². The van der Waals surface area contributed by atoms with E-state index in [0.29, 0.717) is 18.4 Å². The quantitative estimate of drug-likeness (QED) is 0.754. The van der Waals surface area contributed by atoms with Gasteiger partial charge in [-0.15, -0.1) is 0 Å². The van der Waals surface area contributed by atoms with E-state index >= 15 is 0 Å². The van der Waals surface area contributed by atoms with Crippen LogP contribution in [-0.2, 0) is 9.53 Å². The van der Waals surface area contributed by atoms with Crippen LogP contribution in [0.15, 0.2) is 0 Å². The van der Waals surface area contributed by atoms with Gasteiger partial charge in [-0.25, -0.2) is 0 Å². The highest BCUT2D eigenvalue weighted by atomic mass is 16.5. The predicted molar refractivity (Wildman–Crippen MR) is 68.6 cm³/mol. The lowest BCUT2D eigenvalue weighted by Gasteiger charge is -2.41. The molecular weight excluding hydrogens is 216 g/mol. The van der Waals surface area contributed by atoms with Crippen LogP contribution in [0.1, 0.15) is 33.6 Å². The van der Waals surface area contributed by atoms with Gasteiger partial charge in [-0.05, 0) is 31.6 Å². The third-order valence-corrected chi connectivity index (χ3v) is 3.95. The topological polar surface area (TPSA) is 55.6 Å². The number of methoxy groups -OCH3 is 1. The van der Waals surface area contributed by atoms with Gasteiger partial charge >= 0.3 is 5.97 Å². The number of hydrogen-bond acceptors (Lipinski definition) is 4. The summed E-state index contributed by atoms with van der Waals surface area (Å²) in [4.78, 5) is 13.7. The van der Waals surface area contributed by atoms with Gasteiger partial charge in [-0.1, -0.05) is 13.8 Å². The van der Waals surface area contributed by atoms with Crippen LogP contribution in [0.3, 0.4) is 0 Å². The lowest BCUT2D eigenvalue weighted by molar-refractivity contribution is -0.142. The number of piperidine rings is 1. The van der Waals surface area contributed by atoms with Gasteiger partial charge in [-0.2, -0.15) is 0 Å². The first-order chi connectivity index (χ1) is 7.95. The van der Waals surface area contributed by atoms with Gasteiger partial charge in [0.05, 0.1) is 7.11 Å². The zero-order valence-electron chi connectivity index (χ0n) is 11.5. The third kappa shape index (κ3) is 3.96. The number of rotatable bonds is 4. The van der Waals surface area contributed by atoms with E-state index in [-0.39, 0.29) is 5.97 Å². The number of hydrogen-bond donors (Lipinski definition) is 1. The first-order valence-corrected chi connectivity index (χ1v) is 6.53. The Morgan fingerprint density at radius 3 is 2.71 bits per heavy atom. The molecule has 0 aliphatic carbocycles. The van der Waals surface area contributed by atoms with E-state index in [1.807, 2.05) is 0 Å². The van der Waals surface area contributed by atoms with Crippen molar-refractivity contribution in [3.8, 4) is 0 Å². The van der Waals surface area contributed by atoms with Crippen LogP contribution in [-0.4, -0.2) is 43.2 Å². The summed E-state index contributed by atoms with van der Waals surface area (Å²) in [5.74, 6) is 1.14. The predicted octanol–water partition coefficient (Wildman–Crippen LogP) is 1.24. The monoisotopic (exact) mass is 242 g/mol. The van der Waals surface area contributed by atoms with Crippen molar-refractivity contribution in [2.75, 3.05) is 20.2 Å². The Bertz CT molecular complexity index is 258. The van der Waals surface area contributed by atoms with Gasteiger partial charge in [0.25, 0.3) is 0 Å². The molecule has 0 aromatic rings. The maximum atomic E-state index is 11.2. The molecule has 1 fully saturated rings. The summed E-state index contributed by atoms with van der Waals surface area (Å²) in [5.41, 5.74) is 5.76. The van der Waals surface area contributed by atoms with Crippen LogP contribution in [0, 0.1) is 11.8 Å². The minimum atomic E-state index is -0.486. The van der Waals surface area contributed by atoms with Crippen LogP contribution in [0.2, 0.25) is 0 Å². The molecular formula is C13H26N2O2. The standard InChI is InChI=1S/C13H26N2O2/c1-9-7-10(2)11(3)15(8-9)6-5-12(14)13(16)17-4/h9-12H,5-8,14H2,1-4H3. The van der Waals surface area contributed by atoms with Crippen LogP contribution < -0.4 is 5.73 Å². The summed E-state index contributed by atoms with van der Waals surface area (Å²) < 4.78 is 4.64. The summed E-state index contributed by atoms with van der Waals surface area (Å²) in [7, 11) is 1.38. The van der Waals surface area contributed by atoms with E-state index in [2.05, 4.69) is 30.4 Å². The molecule has 1 aliphatic heterocycles. The molecule has 1 heterocycles. The van der Waals surface area contributed by atoms with Crippen LogP contribution in [0.5, 0.6) is 0 Å². The molecule has 0 spiro atoms. The Morgan fingerprint density at radius 2 is 2.12 bits per heavy atom. The molecule has 0 bridgehead atoms. The van der Waals surface area contributed by atoms with Crippen molar-refractivity contribution in [2.45, 2.75) is 45.7 Å². The summed E-state index contributed by atoms with van der Waals surface area (Å²) in [5, 5.41) is 0. The number of carbonyl (C=O) groups excluding carboxylic acids is 1. The van der Waals surface area contributed by atoms with Crippen molar-refractivity contribution in [3.05, 3.63) is 0 Å². The maximum absolute atomic E-state index is 11.2. The second-order valence-corrected chi connectivity index (χ2v) is 5.47. The van der Waals surface area contributed by atoms with E-state index in [4.69, 9.17) is 5.73 Å². The lowest BCUT2D eigenvalue weighted by atomic mass is 9.86. The van der Waals surface area contributed by atoms with E-state index in [0.717, 1.165) is 19.0 Å². The van der Waals surface area contributed by atoms with Gasteiger partial charge in [0.1, 0.15) is 6.04 Å². The highest BCUT2D eigenvalue weighted by molar-refractivity contribution is 5.75. The number of likely N-dealkylation sites (tertiary alicyclic amines) is 1. The van der Waals surface area contributed by atoms with Crippen molar-refractivity contribution in [1.29, 1.82) is 0 Å². The van der Waals surface area contributed by atoms with E-state index in [9.17, 15) is 4.79 Å². The molecule has 0 aromatic heterocycles. The van der Waals surface area contributed by atoms with Gasteiger partial charge in [0, 0.05) is 19.1 Å². The van der Waals surface area contributed by atoms with E-state index < -0.39 is 6.04 Å². The van der Waals surface area contributed by atoms with Gasteiger partial charge in [-0.3, -0.25) is 4.79 Å². The summed E-state index contributed by atoms with van der Waals surface area (Å²) in [6, 6.07) is 0.0933. The smallest absolute Gasteiger partial charge is 0.322 e. The highest BCUT2D eigenvalue weighted by Gasteiger charge is 2.29. The number of nitrogens with zero attached hydrogens (tertiary/aromatic N) is 1. The Hall–Kier alpha value is -0.610. The maximum Gasteiger partial charge on any atom is 0.322 e. The Kier molecular flexibility index (Phi) is 5.40. The fraction of sp³-hybridized carbons (Fsp3) is 0.923. The molecule has 100 valence electrons. The minimum Gasteiger partial charge on any atom is -0.468 e. The van der Waals surface area contributed by atoms with Crippen molar-refractivity contribution >= 4 is 5.97 Å². The fourth-order valence-electron chi connectivity index (χ4n) is 2.70. The highest BCUT2D eigenvalue weighted by Crippen LogP contribution is 2.26. The molecule has 4 atom stereocenters. The number of nitrogens with two attached hydrogens (primary N) is 1. The Morgan fingerprint density at radius 1 is 1.47 bits per heavy atom. The number of ether oxygens (including phenoxy) is 1. The summed E-state index contributed by atoms with van der Waals surface area (Å²) >= 11 is 0. The average molecular weight is 242 g/mol. The second-order valence-electron chi connectivity index (χ2n) is 5.47. The second kappa shape index (κ2) is 6.36. The zero-order valence-corrected chi connectivity index (χ0v) is 11.5. The Balaban J connectivity index is 2.42. The molecule has 0 saturated carbocycles. The molecule has 1 aliphatic rings. The molecule has 1 saturated heterocycles. The van der Waals surface area contributed by atoms with Crippen molar-refractivity contribution in [2.24, 2.45) is 17.6 Å². The molecule has 17 heavy (non-hydrogen) atoms. The van der Waals surface area contributed by atoms with Crippen LogP contribution in [0.4, 0.5) is 0 Å². The first-order valence-electron chi connectivity index (χ1n) is 6.53. The third-order valence-electron chi connectivity index (χ3n) is 3.95. The summed E-state index contributed by atoms with van der Waals surface area (Å²) in [6.07, 6.45) is 1.97. The molecule has 4 heteroatoms. The number of carbonyl (C=O) groups is 1. The van der Waals surface area contributed by atoms with Gasteiger partial charge in [0.2, 0.25) is 0 Å². The molecule has 4 nitrogen and oxygen atoms in total. The van der Waals surface area contributed by atoms with Gasteiger partial charge in [0.15, 0.2) is 0 Å². The molecule has 2 N–H and O–H groups in total. The SMILES string of the molecule is COC(=O)C(N)CCN1CC(C)CC(C)C1C. The molecule has 4 unspecified atom stereocenters. The number of esters is 1. The first kappa shape index (κ1) is 14.5. The van der Waals surface area contributed by atoms with Crippen molar-refractivity contribution in [3.63, 3.8) is 0 Å². The largest absolute Gasteiger partial charge is 0.468 e. The molecule has 0 aromatic carbocycles. The average Bonchev–Trinajstić information content (AvgIpc) is 2.30. The van der Waals surface area contributed by atoms with Crippen LogP contribution >= 0.6 is 0 Å². The van der Waals surface area contributed by atoms with Crippen molar-refractivity contribution < 1.29 is 9.53 Å². The normalized spacial score (nSPS) is 32.2. The van der Waals surface area contributed by atoms with Crippen LogP contribution in [0.25, 0.3) is 0 Å². The Labute approximate surface area is 104 Å². The summed E-state index contributed by atoms with van der Waals surface area (Å²) in [6.45, 7) is 8.84. The lowest BCUT2D eigenvalue weighted by Crippen LogP contribution is -2.47. The van der Waals surface area contributed by atoms with Crippen molar-refractivity contribution in [1.82, 2.24) is 4.90 Å². The molecule has 0 amide bonds. The van der Waals surface area contributed by atoms with E-state index in [1.165, 1.54) is 13.5 Å². The fourth-order valence-corrected chi connectivity index (χ4v) is 2.70. The minimum absolute atomic E-state index is 0.309. The van der Waals surface area contributed by atoms with E-state index in [1.54, 1.807) is 0 Å². The molecule has 1 rings (SSSR count). The zero-order chi connectivity index (χ0) is 13.0.